The average Bonchev–Trinajstić information content (AvgIpc) is 2.26. The molecule has 0 saturated heterocycles. The number of methoxy groups -OCH3 is 2. The summed E-state index contributed by atoms with van der Waals surface area (Å²) in [6, 6.07) is 0.490. The Balaban J connectivity index is 3.54. The zero-order valence-electron chi connectivity index (χ0n) is 10.2. The van der Waals surface area contributed by atoms with Gasteiger partial charge in [0, 0.05) is 11.6 Å². The van der Waals surface area contributed by atoms with E-state index in [1.165, 1.54) is 20.3 Å². The molecule has 0 atom stereocenters. The Morgan fingerprint density at radius 3 is 2.33 bits per heavy atom. The fourth-order valence-electron chi connectivity index (χ4n) is 1.68. The number of nitrogens with one attached hydrogen (secondary N) is 1. The van der Waals surface area contributed by atoms with Crippen molar-refractivity contribution in [3.8, 4) is 11.5 Å². The molecule has 0 heterocycles. The number of primary amides is 1. The minimum atomic E-state index is -1.20. The molecule has 0 aliphatic heterocycles. The number of carbonyl (C=O) groups excluding carboxylic acids is 1. The van der Waals surface area contributed by atoms with Gasteiger partial charge >= 0.3 is 12.0 Å². The summed E-state index contributed by atoms with van der Waals surface area (Å²) >= 11 is 0. The first-order chi connectivity index (χ1) is 8.42. The maximum absolute atomic E-state index is 11.2. The molecular formula is C11H14N2O5. The summed E-state index contributed by atoms with van der Waals surface area (Å²) in [4.78, 5) is 22.1. The molecule has 7 heteroatoms. The molecule has 18 heavy (non-hydrogen) atoms. The van der Waals surface area contributed by atoms with E-state index in [1.807, 2.05) is 0 Å². The summed E-state index contributed by atoms with van der Waals surface area (Å²) in [5.74, 6) is -0.592. The van der Waals surface area contributed by atoms with E-state index in [1.54, 1.807) is 6.92 Å². The van der Waals surface area contributed by atoms with Crippen molar-refractivity contribution in [2.75, 3.05) is 19.5 Å². The van der Waals surface area contributed by atoms with Gasteiger partial charge in [0.25, 0.3) is 0 Å². The van der Waals surface area contributed by atoms with Gasteiger partial charge in [-0.15, -0.1) is 0 Å². The fraction of sp³-hybridized carbons (Fsp3) is 0.273. The molecule has 0 unspecified atom stereocenters. The maximum Gasteiger partial charge on any atom is 0.338 e. The third-order valence-corrected chi connectivity index (χ3v) is 2.38. The second-order valence-corrected chi connectivity index (χ2v) is 3.45. The zero-order valence-corrected chi connectivity index (χ0v) is 10.2. The Morgan fingerprint density at radius 2 is 1.94 bits per heavy atom. The standard InChI is InChI=1S/C11H14N2O5/c1-5-8(10(14)15)6(13-11(12)16)4-7(17-2)9(5)18-3/h4H,1-3H3,(H,14,15)(H3,12,13,16). The van der Waals surface area contributed by atoms with E-state index in [-0.39, 0.29) is 11.3 Å². The Morgan fingerprint density at radius 1 is 1.33 bits per heavy atom. The highest BCUT2D eigenvalue weighted by atomic mass is 16.5. The van der Waals surface area contributed by atoms with Crippen molar-refractivity contribution in [1.29, 1.82) is 0 Å². The molecule has 0 radical (unpaired) electrons. The number of carbonyl (C=O) groups is 2. The number of aromatic carboxylic acids is 1. The summed E-state index contributed by atoms with van der Waals surface area (Å²) in [7, 11) is 2.81. The van der Waals surface area contributed by atoms with Crippen LogP contribution in [0, 0.1) is 6.92 Å². The van der Waals surface area contributed by atoms with Gasteiger partial charge in [0.15, 0.2) is 11.5 Å². The van der Waals surface area contributed by atoms with Crippen LogP contribution in [0.15, 0.2) is 6.07 Å². The van der Waals surface area contributed by atoms with Gasteiger partial charge in [0.1, 0.15) is 0 Å². The van der Waals surface area contributed by atoms with Gasteiger partial charge in [-0.25, -0.2) is 9.59 Å². The summed E-state index contributed by atoms with van der Waals surface area (Å²) in [6.07, 6.45) is 0. The molecule has 0 aliphatic carbocycles. The first-order valence-corrected chi connectivity index (χ1v) is 4.97. The van der Waals surface area contributed by atoms with Crippen molar-refractivity contribution >= 4 is 17.7 Å². The lowest BCUT2D eigenvalue weighted by atomic mass is 10.0. The second-order valence-electron chi connectivity index (χ2n) is 3.45. The summed E-state index contributed by atoms with van der Waals surface area (Å²) in [5, 5.41) is 11.4. The largest absolute Gasteiger partial charge is 0.493 e. The molecule has 0 aliphatic rings. The lowest BCUT2D eigenvalue weighted by molar-refractivity contribution is 0.0696. The molecule has 98 valence electrons. The van der Waals surface area contributed by atoms with Crippen LogP contribution in [0.1, 0.15) is 15.9 Å². The van der Waals surface area contributed by atoms with E-state index in [4.69, 9.17) is 20.3 Å². The van der Waals surface area contributed by atoms with Crippen LogP contribution in [0.4, 0.5) is 10.5 Å². The zero-order chi connectivity index (χ0) is 13.9. The first-order valence-electron chi connectivity index (χ1n) is 4.97. The SMILES string of the molecule is COc1cc(NC(N)=O)c(C(=O)O)c(C)c1OC. The molecule has 0 aromatic heterocycles. The molecule has 1 rings (SSSR count). The molecule has 0 bridgehead atoms. The smallest absolute Gasteiger partial charge is 0.338 e. The van der Waals surface area contributed by atoms with Crippen molar-refractivity contribution < 1.29 is 24.2 Å². The second kappa shape index (κ2) is 5.26. The average molecular weight is 254 g/mol. The highest BCUT2D eigenvalue weighted by Crippen LogP contribution is 2.37. The van der Waals surface area contributed by atoms with Gasteiger partial charge in [0.2, 0.25) is 0 Å². The van der Waals surface area contributed by atoms with Crippen LogP contribution in [0.5, 0.6) is 11.5 Å². The minimum absolute atomic E-state index is 0.0603. The highest BCUT2D eigenvalue weighted by molar-refractivity contribution is 6.02. The van der Waals surface area contributed by atoms with Gasteiger partial charge < -0.3 is 25.6 Å². The molecule has 0 saturated carbocycles. The van der Waals surface area contributed by atoms with Crippen LogP contribution in [-0.4, -0.2) is 31.3 Å². The molecule has 1 aromatic rings. The number of hydrogen-bond donors (Lipinski definition) is 3. The summed E-state index contributed by atoms with van der Waals surface area (Å²) in [5.41, 5.74) is 5.30. The molecule has 0 fully saturated rings. The van der Waals surface area contributed by atoms with Crippen molar-refractivity contribution in [3.63, 3.8) is 0 Å². The van der Waals surface area contributed by atoms with Gasteiger partial charge in [-0.05, 0) is 6.92 Å². The van der Waals surface area contributed by atoms with Crippen LogP contribution in [0.3, 0.4) is 0 Å². The third kappa shape index (κ3) is 2.45. The number of benzene rings is 1. The molecule has 4 N–H and O–H groups in total. The Hall–Kier alpha value is -2.44. The van der Waals surface area contributed by atoms with Crippen molar-refractivity contribution in [1.82, 2.24) is 0 Å². The first kappa shape index (κ1) is 13.6. The van der Waals surface area contributed by atoms with Gasteiger partial charge in [0.05, 0.1) is 25.5 Å². The number of amides is 2. The molecule has 2 amide bonds. The predicted octanol–water partition coefficient (Wildman–Crippen LogP) is 1.20. The lowest BCUT2D eigenvalue weighted by Crippen LogP contribution is -2.21. The normalized spacial score (nSPS) is 9.72. The number of carboxylic acids is 1. The Kier molecular flexibility index (Phi) is 3.98. The minimum Gasteiger partial charge on any atom is -0.493 e. The number of nitrogens with two attached hydrogens (primary N) is 1. The van der Waals surface area contributed by atoms with Crippen molar-refractivity contribution in [2.45, 2.75) is 6.92 Å². The maximum atomic E-state index is 11.2. The van der Waals surface area contributed by atoms with Crippen LogP contribution >= 0.6 is 0 Å². The van der Waals surface area contributed by atoms with Gasteiger partial charge in [-0.2, -0.15) is 0 Å². The molecule has 0 spiro atoms. The van der Waals surface area contributed by atoms with E-state index in [9.17, 15) is 9.59 Å². The number of anilines is 1. The van der Waals surface area contributed by atoms with Crippen LogP contribution in [0.25, 0.3) is 0 Å². The number of urea groups is 1. The van der Waals surface area contributed by atoms with E-state index >= 15 is 0 Å². The number of hydrogen-bond acceptors (Lipinski definition) is 4. The monoisotopic (exact) mass is 254 g/mol. The van der Waals surface area contributed by atoms with Crippen molar-refractivity contribution in [2.24, 2.45) is 5.73 Å². The summed E-state index contributed by atoms with van der Waals surface area (Å²) in [6.45, 7) is 1.55. The van der Waals surface area contributed by atoms with Crippen LogP contribution in [-0.2, 0) is 0 Å². The highest BCUT2D eigenvalue weighted by Gasteiger charge is 2.21. The van der Waals surface area contributed by atoms with Crippen LogP contribution < -0.4 is 20.5 Å². The summed E-state index contributed by atoms with van der Waals surface area (Å²) < 4.78 is 10.1. The third-order valence-electron chi connectivity index (χ3n) is 2.38. The van der Waals surface area contributed by atoms with E-state index in [0.717, 1.165) is 0 Å². The lowest BCUT2D eigenvalue weighted by Gasteiger charge is -2.16. The Bertz CT molecular complexity index is 499. The quantitative estimate of drug-likeness (QED) is 0.747. The van der Waals surface area contributed by atoms with Gasteiger partial charge in [-0.1, -0.05) is 0 Å². The predicted molar refractivity (Wildman–Crippen MR) is 64.4 cm³/mol. The van der Waals surface area contributed by atoms with Gasteiger partial charge in [-0.3, -0.25) is 0 Å². The number of ether oxygens (including phenoxy) is 2. The van der Waals surface area contributed by atoms with Crippen LogP contribution in [0.2, 0.25) is 0 Å². The Labute approximate surface area is 103 Å². The number of rotatable bonds is 4. The number of carboxylic acid groups (broad SMARTS) is 1. The molecule has 1 aromatic carbocycles. The molecule has 7 nitrogen and oxygen atoms in total. The van der Waals surface area contributed by atoms with E-state index < -0.39 is 12.0 Å². The topological polar surface area (TPSA) is 111 Å². The fourth-order valence-corrected chi connectivity index (χ4v) is 1.68. The molecular weight excluding hydrogens is 240 g/mol. The van der Waals surface area contributed by atoms with E-state index in [2.05, 4.69) is 5.32 Å². The van der Waals surface area contributed by atoms with E-state index in [0.29, 0.717) is 17.1 Å². The van der Waals surface area contributed by atoms with Crippen molar-refractivity contribution in [3.05, 3.63) is 17.2 Å².